The molecule has 0 amide bonds. The number of hydrogen-bond acceptors (Lipinski definition) is 2. The Hall–Kier alpha value is -1.86. The van der Waals surface area contributed by atoms with Crippen molar-refractivity contribution >= 4 is 21.6 Å². The van der Waals surface area contributed by atoms with Crippen molar-refractivity contribution in [3.8, 4) is 6.07 Å². The lowest BCUT2D eigenvalue weighted by molar-refractivity contribution is 0.603. The van der Waals surface area contributed by atoms with Gasteiger partial charge in [0, 0.05) is 28.8 Å². The molecule has 4 heteroatoms. The molecule has 0 unspecified atom stereocenters. The maximum Gasteiger partial charge on any atom is 0.129 e. The first kappa shape index (κ1) is 14.5. The molecule has 0 aromatic heterocycles. The van der Waals surface area contributed by atoms with Gasteiger partial charge in [-0.05, 0) is 24.3 Å². The first-order chi connectivity index (χ1) is 9.70. The van der Waals surface area contributed by atoms with Crippen molar-refractivity contribution in [1.29, 1.82) is 5.26 Å². The summed E-state index contributed by atoms with van der Waals surface area (Å²) < 4.78 is 14.7. The number of anilines is 1. The van der Waals surface area contributed by atoms with E-state index in [-0.39, 0.29) is 5.82 Å². The summed E-state index contributed by atoms with van der Waals surface area (Å²) in [5.74, 6) is -0.239. The van der Waals surface area contributed by atoms with Gasteiger partial charge in [0.2, 0.25) is 0 Å². The third-order valence-electron chi connectivity index (χ3n) is 2.99. The van der Waals surface area contributed by atoms with E-state index < -0.39 is 0 Å². The molecule has 2 aromatic rings. The quantitative estimate of drug-likeness (QED) is 0.805. The summed E-state index contributed by atoms with van der Waals surface area (Å²) in [6.07, 6.45) is 0.410. The van der Waals surface area contributed by atoms with Crippen LogP contribution in [0.1, 0.15) is 12.0 Å². The van der Waals surface area contributed by atoms with Gasteiger partial charge >= 0.3 is 0 Å². The van der Waals surface area contributed by atoms with E-state index in [2.05, 4.69) is 22.0 Å². The second-order valence-corrected chi connectivity index (χ2v) is 5.32. The zero-order valence-electron chi connectivity index (χ0n) is 10.9. The third-order valence-corrected chi connectivity index (χ3v) is 3.48. The molecular formula is C16H14BrFN2. The summed E-state index contributed by atoms with van der Waals surface area (Å²) in [5, 5.41) is 8.76. The number of benzene rings is 2. The first-order valence-corrected chi connectivity index (χ1v) is 7.11. The third kappa shape index (κ3) is 3.82. The van der Waals surface area contributed by atoms with Crippen LogP contribution in [0.2, 0.25) is 0 Å². The minimum Gasteiger partial charge on any atom is -0.366 e. The molecule has 2 rings (SSSR count). The van der Waals surface area contributed by atoms with Crippen LogP contribution in [0, 0.1) is 17.1 Å². The Morgan fingerprint density at radius 3 is 2.55 bits per heavy atom. The Labute approximate surface area is 126 Å². The summed E-state index contributed by atoms with van der Waals surface area (Å²) in [6, 6.07) is 16.9. The molecule has 0 heterocycles. The van der Waals surface area contributed by atoms with E-state index >= 15 is 0 Å². The Morgan fingerprint density at radius 1 is 1.15 bits per heavy atom. The topological polar surface area (TPSA) is 27.0 Å². The maximum absolute atomic E-state index is 13.9. The number of para-hydroxylation sites is 1. The smallest absolute Gasteiger partial charge is 0.129 e. The Kier molecular flexibility index (Phi) is 5.14. The molecule has 0 fully saturated rings. The van der Waals surface area contributed by atoms with E-state index in [4.69, 9.17) is 5.26 Å². The zero-order chi connectivity index (χ0) is 14.4. The van der Waals surface area contributed by atoms with E-state index in [0.29, 0.717) is 25.1 Å². The van der Waals surface area contributed by atoms with Gasteiger partial charge in [-0.1, -0.05) is 40.2 Å². The van der Waals surface area contributed by atoms with Gasteiger partial charge in [-0.3, -0.25) is 0 Å². The molecule has 102 valence electrons. The molecule has 0 radical (unpaired) electrons. The molecular weight excluding hydrogens is 319 g/mol. The highest BCUT2D eigenvalue weighted by molar-refractivity contribution is 9.10. The lowest BCUT2D eigenvalue weighted by Crippen LogP contribution is -2.24. The van der Waals surface area contributed by atoms with Gasteiger partial charge in [-0.2, -0.15) is 5.26 Å². The fraction of sp³-hybridized carbons (Fsp3) is 0.188. The molecule has 0 bridgehead atoms. The molecule has 2 nitrogen and oxygen atoms in total. The van der Waals surface area contributed by atoms with Crippen molar-refractivity contribution in [2.45, 2.75) is 13.0 Å². The molecule has 2 aromatic carbocycles. The van der Waals surface area contributed by atoms with Crippen LogP contribution in [0.3, 0.4) is 0 Å². The minimum atomic E-state index is -0.239. The summed E-state index contributed by atoms with van der Waals surface area (Å²) in [6.45, 7) is 1.03. The van der Waals surface area contributed by atoms with Crippen LogP contribution in [0.25, 0.3) is 0 Å². The van der Waals surface area contributed by atoms with Gasteiger partial charge in [0.15, 0.2) is 0 Å². The van der Waals surface area contributed by atoms with Crippen LogP contribution >= 0.6 is 15.9 Å². The first-order valence-electron chi connectivity index (χ1n) is 6.31. The van der Waals surface area contributed by atoms with Crippen LogP contribution in [-0.4, -0.2) is 6.54 Å². The number of hydrogen-bond donors (Lipinski definition) is 0. The average Bonchev–Trinajstić information content (AvgIpc) is 2.46. The second-order valence-electron chi connectivity index (χ2n) is 4.40. The van der Waals surface area contributed by atoms with Crippen molar-refractivity contribution < 1.29 is 4.39 Å². The van der Waals surface area contributed by atoms with Crippen molar-refractivity contribution in [2.75, 3.05) is 11.4 Å². The summed E-state index contributed by atoms with van der Waals surface area (Å²) in [7, 11) is 0. The zero-order valence-corrected chi connectivity index (χ0v) is 12.5. The van der Waals surface area contributed by atoms with E-state index in [0.717, 1.165) is 10.2 Å². The molecule has 0 aliphatic heterocycles. The molecule has 0 aliphatic carbocycles. The molecule has 0 saturated carbocycles. The Morgan fingerprint density at radius 2 is 1.90 bits per heavy atom. The van der Waals surface area contributed by atoms with Crippen LogP contribution in [-0.2, 0) is 6.54 Å². The summed E-state index contributed by atoms with van der Waals surface area (Å²) in [5.41, 5.74) is 1.61. The lowest BCUT2D eigenvalue weighted by atomic mass is 10.1. The van der Waals surface area contributed by atoms with Gasteiger partial charge in [-0.25, -0.2) is 4.39 Å². The predicted octanol–water partition coefficient (Wildman–Crippen LogP) is 4.51. The number of nitriles is 1. The minimum absolute atomic E-state index is 0.239. The van der Waals surface area contributed by atoms with Crippen LogP contribution < -0.4 is 4.90 Å². The highest BCUT2D eigenvalue weighted by Crippen LogP contribution is 2.21. The highest BCUT2D eigenvalue weighted by Gasteiger charge is 2.10. The maximum atomic E-state index is 13.9. The Balaban J connectivity index is 2.22. The Bertz CT molecular complexity index is 608. The van der Waals surface area contributed by atoms with Crippen molar-refractivity contribution in [3.63, 3.8) is 0 Å². The average molecular weight is 333 g/mol. The molecule has 0 saturated heterocycles. The summed E-state index contributed by atoms with van der Waals surface area (Å²) >= 11 is 3.25. The van der Waals surface area contributed by atoms with E-state index in [1.807, 2.05) is 41.3 Å². The van der Waals surface area contributed by atoms with Crippen LogP contribution in [0.5, 0.6) is 0 Å². The van der Waals surface area contributed by atoms with Crippen molar-refractivity contribution in [2.24, 2.45) is 0 Å². The molecule has 0 aliphatic rings. The van der Waals surface area contributed by atoms with Gasteiger partial charge in [0.25, 0.3) is 0 Å². The predicted molar refractivity (Wildman–Crippen MR) is 81.8 cm³/mol. The highest BCUT2D eigenvalue weighted by atomic mass is 79.9. The van der Waals surface area contributed by atoms with Crippen LogP contribution in [0.4, 0.5) is 10.1 Å². The lowest BCUT2D eigenvalue weighted by Gasteiger charge is -2.24. The standard InChI is InChI=1S/C16H14BrFN2/c17-14-8-7-13(16(18)11-14)12-20(10-4-9-19)15-5-2-1-3-6-15/h1-3,5-8,11H,4,10,12H2. The van der Waals surface area contributed by atoms with Crippen LogP contribution in [0.15, 0.2) is 53.0 Å². The molecule has 0 spiro atoms. The monoisotopic (exact) mass is 332 g/mol. The largest absolute Gasteiger partial charge is 0.366 e. The number of halogens is 2. The van der Waals surface area contributed by atoms with E-state index in [9.17, 15) is 4.39 Å². The van der Waals surface area contributed by atoms with Gasteiger partial charge in [0.1, 0.15) is 5.82 Å². The van der Waals surface area contributed by atoms with Crippen molar-refractivity contribution in [3.05, 3.63) is 64.4 Å². The van der Waals surface area contributed by atoms with Gasteiger partial charge in [-0.15, -0.1) is 0 Å². The normalized spacial score (nSPS) is 10.1. The SMILES string of the molecule is N#CCCN(Cc1ccc(Br)cc1F)c1ccccc1. The van der Waals surface area contributed by atoms with Gasteiger partial charge in [0.05, 0.1) is 12.5 Å². The number of nitrogens with zero attached hydrogens (tertiary/aromatic N) is 2. The molecule has 0 N–H and O–H groups in total. The second kappa shape index (κ2) is 7.06. The van der Waals surface area contributed by atoms with E-state index in [1.165, 1.54) is 6.07 Å². The molecule has 20 heavy (non-hydrogen) atoms. The van der Waals surface area contributed by atoms with E-state index in [1.54, 1.807) is 6.07 Å². The fourth-order valence-electron chi connectivity index (χ4n) is 1.98. The number of rotatable bonds is 5. The van der Waals surface area contributed by atoms with Crippen molar-refractivity contribution in [1.82, 2.24) is 0 Å². The fourth-order valence-corrected chi connectivity index (χ4v) is 2.31. The molecule has 0 atom stereocenters. The summed E-state index contributed by atoms with van der Waals surface area (Å²) in [4.78, 5) is 2.01. The van der Waals surface area contributed by atoms with Gasteiger partial charge < -0.3 is 4.90 Å².